The molecule has 0 saturated heterocycles. The van der Waals surface area contributed by atoms with Crippen LogP contribution in [-0.4, -0.2) is 71.1 Å². The second-order valence-electron chi connectivity index (χ2n) is 4.57. The first-order valence-electron chi connectivity index (χ1n) is 6.15. The predicted octanol–water partition coefficient (Wildman–Crippen LogP) is -6.74. The van der Waals surface area contributed by atoms with Gasteiger partial charge in [-0.2, -0.15) is 0 Å². The Bertz CT molecular complexity index is 431. The third kappa shape index (κ3) is 5.06. The first kappa shape index (κ1) is 22.1. The van der Waals surface area contributed by atoms with E-state index in [9.17, 15) is 24.9 Å². The van der Waals surface area contributed by atoms with Crippen molar-refractivity contribution in [3.05, 3.63) is 12.2 Å². The Morgan fingerprint density at radius 3 is 2.50 bits per heavy atom. The fraction of sp³-hybridized carbons (Fsp3) is 0.667. The van der Waals surface area contributed by atoms with Gasteiger partial charge in [-0.1, -0.05) is 6.08 Å². The molecule has 22 heavy (non-hydrogen) atoms. The van der Waals surface area contributed by atoms with Crippen LogP contribution in [0, 0.1) is 0 Å². The molecule has 1 heterocycles. The number of carboxylic acid groups (broad SMARTS) is 1. The van der Waals surface area contributed by atoms with Gasteiger partial charge in [-0.05, 0) is 6.08 Å². The Hall–Kier alpha value is 0.116. The maximum absolute atomic E-state index is 11.2. The summed E-state index contributed by atoms with van der Waals surface area (Å²) < 4.78 is 9.92. The van der Waals surface area contributed by atoms with Crippen LogP contribution >= 0.6 is 0 Å². The summed E-state index contributed by atoms with van der Waals surface area (Å²) in [6.45, 7) is 0.444. The summed E-state index contributed by atoms with van der Waals surface area (Å²) in [6, 6.07) is -0.915. The number of methoxy groups -OCH3 is 1. The van der Waals surface area contributed by atoms with Crippen molar-refractivity contribution in [2.24, 2.45) is 0 Å². The van der Waals surface area contributed by atoms with Gasteiger partial charge in [0.2, 0.25) is 11.7 Å². The molecule has 1 aliphatic heterocycles. The van der Waals surface area contributed by atoms with Crippen molar-refractivity contribution in [3.63, 3.8) is 0 Å². The number of nitrogens with one attached hydrogen (secondary N) is 1. The SMILES string of the molecule is CO[C@]1(C(=O)[O-])C=C[C@@H](NC(C)=O)[C@H]([C@H](O)[C@H](O)CO)O1.[K+]. The van der Waals surface area contributed by atoms with E-state index >= 15 is 0 Å². The van der Waals surface area contributed by atoms with Crippen LogP contribution in [0.2, 0.25) is 0 Å². The van der Waals surface area contributed by atoms with Gasteiger partial charge >= 0.3 is 51.4 Å². The number of hydrogen-bond acceptors (Lipinski definition) is 8. The number of hydrogen-bond donors (Lipinski definition) is 4. The first-order valence-corrected chi connectivity index (χ1v) is 6.15. The molecule has 0 bridgehead atoms. The molecule has 0 fully saturated rings. The fourth-order valence-corrected chi connectivity index (χ4v) is 1.94. The molecule has 9 nitrogen and oxygen atoms in total. The monoisotopic (exact) mass is 343 g/mol. The number of aliphatic hydroxyl groups excluding tert-OH is 3. The molecule has 0 radical (unpaired) electrons. The summed E-state index contributed by atoms with van der Waals surface area (Å²) in [5.74, 6) is -4.42. The zero-order valence-corrected chi connectivity index (χ0v) is 15.7. The van der Waals surface area contributed by atoms with E-state index in [4.69, 9.17) is 14.6 Å². The molecule has 1 amide bonds. The minimum Gasteiger partial charge on any atom is -0.544 e. The van der Waals surface area contributed by atoms with Crippen molar-refractivity contribution in [1.29, 1.82) is 0 Å². The third-order valence-electron chi connectivity index (χ3n) is 3.06. The number of carboxylic acids is 1. The van der Waals surface area contributed by atoms with Crippen molar-refractivity contribution in [1.82, 2.24) is 5.32 Å². The average Bonchev–Trinajstić information content (AvgIpc) is 2.45. The van der Waals surface area contributed by atoms with Crippen molar-refractivity contribution < 1.29 is 90.9 Å². The van der Waals surface area contributed by atoms with Crippen LogP contribution in [0.1, 0.15) is 6.92 Å². The molecule has 1 rings (SSSR count). The Morgan fingerprint density at radius 1 is 1.50 bits per heavy atom. The summed E-state index contributed by atoms with van der Waals surface area (Å²) in [5, 5.41) is 41.9. The van der Waals surface area contributed by atoms with Crippen LogP contribution in [0.25, 0.3) is 0 Å². The zero-order chi connectivity index (χ0) is 16.2. The van der Waals surface area contributed by atoms with Crippen LogP contribution < -0.4 is 61.8 Å². The van der Waals surface area contributed by atoms with E-state index in [1.807, 2.05) is 0 Å². The molecule has 5 atom stereocenters. The summed E-state index contributed by atoms with van der Waals surface area (Å²) in [6.07, 6.45) is -2.33. The molecule has 0 unspecified atom stereocenters. The van der Waals surface area contributed by atoms with Crippen LogP contribution in [0.15, 0.2) is 12.2 Å². The molecule has 0 saturated carbocycles. The normalized spacial score (nSPS) is 30.0. The van der Waals surface area contributed by atoms with Gasteiger partial charge in [0.15, 0.2) is 0 Å². The fourth-order valence-electron chi connectivity index (χ4n) is 1.94. The number of aliphatic hydroxyl groups is 3. The van der Waals surface area contributed by atoms with E-state index in [1.54, 1.807) is 0 Å². The molecular weight excluding hydrogens is 325 g/mol. The number of aliphatic carboxylic acids is 1. The van der Waals surface area contributed by atoms with Gasteiger partial charge in [0, 0.05) is 14.0 Å². The van der Waals surface area contributed by atoms with E-state index in [-0.39, 0.29) is 51.4 Å². The van der Waals surface area contributed by atoms with Crippen LogP contribution in [0.3, 0.4) is 0 Å². The van der Waals surface area contributed by atoms with Crippen molar-refractivity contribution in [2.75, 3.05) is 13.7 Å². The number of carbonyl (C=O) groups is 2. The van der Waals surface area contributed by atoms with Crippen molar-refractivity contribution in [3.8, 4) is 0 Å². The van der Waals surface area contributed by atoms with Gasteiger partial charge in [-0.15, -0.1) is 0 Å². The summed E-state index contributed by atoms with van der Waals surface area (Å²) in [5.41, 5.74) is 0. The maximum Gasteiger partial charge on any atom is 1.00 e. The second-order valence-corrected chi connectivity index (χ2v) is 4.57. The molecule has 1 aliphatic rings. The maximum atomic E-state index is 11.2. The summed E-state index contributed by atoms with van der Waals surface area (Å²) >= 11 is 0. The molecule has 0 aliphatic carbocycles. The van der Waals surface area contributed by atoms with E-state index in [0.717, 1.165) is 13.2 Å². The van der Waals surface area contributed by atoms with Gasteiger partial charge in [0.25, 0.3) is 0 Å². The third-order valence-corrected chi connectivity index (χ3v) is 3.06. The summed E-state index contributed by atoms with van der Waals surface area (Å²) in [4.78, 5) is 22.3. The molecule has 120 valence electrons. The molecule has 10 heteroatoms. The van der Waals surface area contributed by atoms with Crippen molar-refractivity contribution in [2.45, 2.75) is 37.1 Å². The molecule has 0 aromatic carbocycles. The van der Waals surface area contributed by atoms with Gasteiger partial charge < -0.3 is 40.0 Å². The summed E-state index contributed by atoms with van der Waals surface area (Å²) in [7, 11) is 1.06. The van der Waals surface area contributed by atoms with Gasteiger partial charge in [-0.3, -0.25) is 4.79 Å². The van der Waals surface area contributed by atoms with Crippen LogP contribution in [0.5, 0.6) is 0 Å². The Morgan fingerprint density at radius 2 is 2.09 bits per heavy atom. The van der Waals surface area contributed by atoms with E-state index in [0.29, 0.717) is 0 Å². The van der Waals surface area contributed by atoms with Gasteiger partial charge in [-0.25, -0.2) is 0 Å². The first-order chi connectivity index (χ1) is 9.77. The zero-order valence-electron chi connectivity index (χ0n) is 12.6. The standard InChI is InChI=1S/C12H19NO8.K/c1-6(15)13-7-3-4-12(20-2,11(18)19)21-10(7)9(17)8(16)5-14;/h3-4,7-10,14,16-17H,5H2,1-2H3,(H,13,15)(H,18,19);/q;+1/p-1/t7-,8-,9-,10-,12-;/m1./s1. The quantitative estimate of drug-likeness (QED) is 0.275. The second kappa shape index (κ2) is 9.42. The molecule has 4 N–H and O–H groups in total. The molecular formula is C12H18KNO8. The topological polar surface area (TPSA) is 148 Å². The van der Waals surface area contributed by atoms with Crippen molar-refractivity contribution >= 4 is 11.9 Å². The minimum atomic E-state index is -2.25. The van der Waals surface area contributed by atoms with Crippen LogP contribution in [0.4, 0.5) is 0 Å². The van der Waals surface area contributed by atoms with Crippen LogP contribution in [-0.2, 0) is 19.1 Å². The van der Waals surface area contributed by atoms with Gasteiger partial charge in [0.1, 0.15) is 24.3 Å². The Labute approximate surface area is 169 Å². The number of ether oxygens (including phenoxy) is 2. The molecule has 0 aromatic rings. The molecule has 0 spiro atoms. The number of carbonyl (C=O) groups excluding carboxylic acids is 2. The largest absolute Gasteiger partial charge is 1.00 e. The Balaban J connectivity index is 0.00000441. The smallest absolute Gasteiger partial charge is 0.544 e. The molecule has 0 aromatic heterocycles. The average molecular weight is 343 g/mol. The Kier molecular flexibility index (Phi) is 9.47. The minimum absolute atomic E-state index is 0. The number of amides is 1. The van der Waals surface area contributed by atoms with E-state index in [1.165, 1.54) is 13.0 Å². The predicted molar refractivity (Wildman–Crippen MR) is 65.5 cm³/mol. The van der Waals surface area contributed by atoms with Gasteiger partial charge in [0.05, 0.1) is 12.6 Å². The van der Waals surface area contributed by atoms with E-state index < -0.39 is 48.6 Å². The van der Waals surface area contributed by atoms with E-state index in [2.05, 4.69) is 5.32 Å². The number of rotatable bonds is 6.